The summed E-state index contributed by atoms with van der Waals surface area (Å²) in [4.78, 5) is 2.40. The van der Waals surface area contributed by atoms with Gasteiger partial charge in [-0.15, -0.1) is 0 Å². The monoisotopic (exact) mass is 356 g/mol. The van der Waals surface area contributed by atoms with Crippen molar-refractivity contribution in [3.05, 3.63) is 33.8 Å². The predicted molar refractivity (Wildman–Crippen MR) is 93.6 cm³/mol. The summed E-state index contributed by atoms with van der Waals surface area (Å²) in [5.41, 5.74) is 2.65. The van der Waals surface area contributed by atoms with E-state index in [4.69, 9.17) is 4.74 Å². The summed E-state index contributed by atoms with van der Waals surface area (Å²) in [5, 5.41) is 3.45. The van der Waals surface area contributed by atoms with Gasteiger partial charge in [-0.2, -0.15) is 0 Å². The van der Waals surface area contributed by atoms with Crippen molar-refractivity contribution >= 4 is 15.9 Å². The number of halogens is 1. The number of rotatable bonds is 10. The molecule has 0 radical (unpaired) electrons. The van der Waals surface area contributed by atoms with Crippen LogP contribution in [-0.2, 0) is 17.8 Å². The van der Waals surface area contributed by atoms with Crippen LogP contribution in [-0.4, -0.2) is 37.2 Å². The Morgan fingerprint density at radius 2 is 2.05 bits per heavy atom. The highest BCUT2D eigenvalue weighted by atomic mass is 79.9. The second-order valence-electron chi connectivity index (χ2n) is 5.53. The maximum atomic E-state index is 5.45. The fourth-order valence-corrected chi connectivity index (χ4v) is 2.63. The van der Waals surface area contributed by atoms with Crippen molar-refractivity contribution in [3.63, 3.8) is 0 Å². The van der Waals surface area contributed by atoms with Crippen LogP contribution in [0.25, 0.3) is 0 Å². The van der Waals surface area contributed by atoms with Gasteiger partial charge in [0.2, 0.25) is 0 Å². The van der Waals surface area contributed by atoms with Crippen LogP contribution in [0.4, 0.5) is 0 Å². The Hall–Kier alpha value is -0.420. The summed E-state index contributed by atoms with van der Waals surface area (Å²) in [7, 11) is 0. The molecular formula is C17H29BrN2O. The zero-order valence-electron chi connectivity index (χ0n) is 13.8. The molecule has 1 aromatic rings. The highest BCUT2D eigenvalue weighted by molar-refractivity contribution is 9.10. The molecule has 1 N–H and O–H groups in total. The lowest BCUT2D eigenvalue weighted by molar-refractivity contribution is 0.113. The van der Waals surface area contributed by atoms with E-state index in [2.05, 4.69) is 65.1 Å². The van der Waals surface area contributed by atoms with Crippen LogP contribution in [0.5, 0.6) is 0 Å². The number of likely N-dealkylation sites (N-methyl/N-ethyl adjacent to an activating group) is 1. The number of hydrogen-bond donors (Lipinski definition) is 1. The average Bonchev–Trinajstić information content (AvgIpc) is 2.46. The van der Waals surface area contributed by atoms with Gasteiger partial charge in [-0.1, -0.05) is 48.8 Å². The molecule has 0 spiro atoms. The Kier molecular flexibility index (Phi) is 9.16. The topological polar surface area (TPSA) is 24.5 Å². The Balaban J connectivity index is 2.57. The van der Waals surface area contributed by atoms with Gasteiger partial charge in [0.15, 0.2) is 0 Å². The average molecular weight is 357 g/mol. The molecule has 0 fully saturated rings. The van der Waals surface area contributed by atoms with Crippen molar-refractivity contribution in [1.82, 2.24) is 10.2 Å². The molecule has 0 aliphatic heterocycles. The largest absolute Gasteiger partial charge is 0.380 e. The minimum absolute atomic E-state index is 0.512. The Labute approximate surface area is 138 Å². The van der Waals surface area contributed by atoms with Crippen LogP contribution in [0.2, 0.25) is 0 Å². The van der Waals surface area contributed by atoms with Crippen molar-refractivity contribution < 1.29 is 4.74 Å². The number of hydrogen-bond acceptors (Lipinski definition) is 3. The van der Waals surface area contributed by atoms with Gasteiger partial charge < -0.3 is 10.1 Å². The van der Waals surface area contributed by atoms with Crippen molar-refractivity contribution in [2.75, 3.05) is 26.3 Å². The fraction of sp³-hybridized carbons (Fsp3) is 0.647. The number of ether oxygens (including phenoxy) is 1. The smallest absolute Gasteiger partial charge is 0.0593 e. The first-order chi connectivity index (χ1) is 10.1. The van der Waals surface area contributed by atoms with Crippen LogP contribution in [0.15, 0.2) is 22.7 Å². The maximum Gasteiger partial charge on any atom is 0.0593 e. The third-order valence-electron chi connectivity index (χ3n) is 3.43. The third kappa shape index (κ3) is 7.41. The second-order valence-corrected chi connectivity index (χ2v) is 6.38. The molecule has 0 atom stereocenters. The summed E-state index contributed by atoms with van der Waals surface area (Å²) in [6.07, 6.45) is 0. The summed E-state index contributed by atoms with van der Waals surface area (Å²) in [6.45, 7) is 14.1. The lowest BCUT2D eigenvalue weighted by atomic mass is 10.1. The molecular weight excluding hydrogens is 328 g/mol. The van der Waals surface area contributed by atoms with E-state index >= 15 is 0 Å². The molecule has 0 unspecified atom stereocenters. The molecule has 1 aromatic carbocycles. The van der Waals surface area contributed by atoms with Gasteiger partial charge in [0.1, 0.15) is 0 Å². The molecule has 3 nitrogen and oxygen atoms in total. The highest BCUT2D eigenvalue weighted by Gasteiger charge is 2.07. The van der Waals surface area contributed by atoms with E-state index < -0.39 is 0 Å². The van der Waals surface area contributed by atoms with E-state index in [9.17, 15) is 0 Å². The minimum Gasteiger partial charge on any atom is -0.380 e. The normalized spacial score (nSPS) is 11.6. The molecule has 0 saturated carbocycles. The molecule has 4 heteroatoms. The molecule has 0 heterocycles. The van der Waals surface area contributed by atoms with Gasteiger partial charge in [0.25, 0.3) is 0 Å². The molecule has 0 aliphatic rings. The van der Waals surface area contributed by atoms with E-state index in [0.717, 1.165) is 39.4 Å². The van der Waals surface area contributed by atoms with Crippen molar-refractivity contribution in [2.24, 2.45) is 0 Å². The highest BCUT2D eigenvalue weighted by Crippen LogP contribution is 2.20. The Morgan fingerprint density at radius 3 is 2.62 bits per heavy atom. The van der Waals surface area contributed by atoms with Crippen LogP contribution < -0.4 is 5.32 Å². The second kappa shape index (κ2) is 10.3. The zero-order valence-corrected chi connectivity index (χ0v) is 15.4. The molecule has 0 amide bonds. The lowest BCUT2D eigenvalue weighted by Gasteiger charge is -2.21. The first-order valence-corrected chi connectivity index (χ1v) is 8.66. The van der Waals surface area contributed by atoms with Crippen LogP contribution >= 0.6 is 15.9 Å². The Morgan fingerprint density at radius 1 is 1.29 bits per heavy atom. The molecule has 0 aromatic heterocycles. The minimum atomic E-state index is 0.512. The summed E-state index contributed by atoms with van der Waals surface area (Å²) in [6, 6.07) is 7.18. The summed E-state index contributed by atoms with van der Waals surface area (Å²) >= 11 is 3.71. The standard InChI is InChI=1S/C17H29BrN2O/c1-5-20(9-10-21-6-2)13-16-8-7-15(11-17(16)18)12-19-14(3)4/h7-8,11,14,19H,5-6,9-10,12-13H2,1-4H3. The summed E-state index contributed by atoms with van der Waals surface area (Å²) in [5.74, 6) is 0. The quantitative estimate of drug-likeness (QED) is 0.645. The van der Waals surface area contributed by atoms with E-state index in [1.807, 2.05) is 6.92 Å². The number of nitrogens with zero attached hydrogens (tertiary/aromatic N) is 1. The van der Waals surface area contributed by atoms with E-state index in [1.54, 1.807) is 0 Å². The number of benzene rings is 1. The molecule has 0 aliphatic carbocycles. The van der Waals surface area contributed by atoms with Gasteiger partial charge in [-0.3, -0.25) is 4.90 Å². The molecule has 21 heavy (non-hydrogen) atoms. The molecule has 120 valence electrons. The van der Waals surface area contributed by atoms with Gasteiger partial charge in [0.05, 0.1) is 6.61 Å². The van der Waals surface area contributed by atoms with Crippen molar-refractivity contribution in [2.45, 2.75) is 46.8 Å². The van der Waals surface area contributed by atoms with Gasteiger partial charge in [-0.25, -0.2) is 0 Å². The van der Waals surface area contributed by atoms with Crippen LogP contribution in [0.1, 0.15) is 38.8 Å². The van der Waals surface area contributed by atoms with Crippen molar-refractivity contribution in [3.8, 4) is 0 Å². The van der Waals surface area contributed by atoms with Crippen LogP contribution in [0.3, 0.4) is 0 Å². The number of nitrogens with one attached hydrogen (secondary N) is 1. The van der Waals surface area contributed by atoms with E-state index in [1.165, 1.54) is 15.6 Å². The van der Waals surface area contributed by atoms with Gasteiger partial charge in [-0.05, 0) is 30.7 Å². The van der Waals surface area contributed by atoms with Crippen LogP contribution in [0, 0.1) is 0 Å². The SMILES string of the molecule is CCOCCN(CC)Cc1ccc(CNC(C)C)cc1Br. The molecule has 1 rings (SSSR count). The maximum absolute atomic E-state index is 5.45. The molecule has 0 saturated heterocycles. The molecule has 0 bridgehead atoms. The van der Waals surface area contributed by atoms with Gasteiger partial charge in [0, 0.05) is 36.8 Å². The first kappa shape index (κ1) is 18.6. The Bertz CT molecular complexity index is 410. The predicted octanol–water partition coefficient (Wildman–Crippen LogP) is 3.81. The van der Waals surface area contributed by atoms with E-state index in [-0.39, 0.29) is 0 Å². The third-order valence-corrected chi connectivity index (χ3v) is 4.17. The summed E-state index contributed by atoms with van der Waals surface area (Å²) < 4.78 is 6.64. The fourth-order valence-electron chi connectivity index (χ4n) is 2.08. The lowest BCUT2D eigenvalue weighted by Crippen LogP contribution is -2.27. The van der Waals surface area contributed by atoms with Gasteiger partial charge >= 0.3 is 0 Å². The van der Waals surface area contributed by atoms with E-state index in [0.29, 0.717) is 6.04 Å². The zero-order chi connectivity index (χ0) is 15.7. The van der Waals surface area contributed by atoms with Crippen molar-refractivity contribution in [1.29, 1.82) is 0 Å². The first-order valence-electron chi connectivity index (χ1n) is 7.87.